The Bertz CT molecular complexity index is 1180. The van der Waals surface area contributed by atoms with Crippen LogP contribution in [-0.4, -0.2) is 47.4 Å². The van der Waals surface area contributed by atoms with Gasteiger partial charge >= 0.3 is 5.97 Å². The van der Waals surface area contributed by atoms with Gasteiger partial charge < -0.3 is 20.3 Å². The van der Waals surface area contributed by atoms with Crippen LogP contribution >= 0.6 is 0 Å². The van der Waals surface area contributed by atoms with Crippen LogP contribution in [-0.2, 0) is 14.3 Å². The van der Waals surface area contributed by atoms with Crippen LogP contribution in [0.4, 0.5) is 0 Å². The van der Waals surface area contributed by atoms with Crippen molar-refractivity contribution in [3.05, 3.63) is 36.5 Å². The summed E-state index contributed by atoms with van der Waals surface area (Å²) in [5.41, 5.74) is 0. The summed E-state index contributed by atoms with van der Waals surface area (Å²) >= 11 is 0. The van der Waals surface area contributed by atoms with E-state index in [1.807, 2.05) is 6.08 Å². The average Bonchev–Trinajstić information content (AvgIpc) is 3.39. The molecular formula is C67H127NO5. The van der Waals surface area contributed by atoms with E-state index in [1.54, 1.807) is 6.08 Å². The summed E-state index contributed by atoms with van der Waals surface area (Å²) in [6.45, 7) is 4.91. The zero-order chi connectivity index (χ0) is 52.9. The molecule has 0 aromatic carbocycles. The molecule has 0 aliphatic rings. The second-order valence-corrected chi connectivity index (χ2v) is 22.5. The molecule has 3 N–H and O–H groups in total. The van der Waals surface area contributed by atoms with Crippen molar-refractivity contribution in [2.45, 2.75) is 366 Å². The summed E-state index contributed by atoms with van der Waals surface area (Å²) < 4.78 is 5.49. The molecule has 0 aliphatic heterocycles. The van der Waals surface area contributed by atoms with Gasteiger partial charge in [-0.3, -0.25) is 9.59 Å². The quantitative estimate of drug-likeness (QED) is 0.0320. The minimum absolute atomic E-state index is 0.0152. The Hall–Kier alpha value is -1.92. The maximum Gasteiger partial charge on any atom is 0.305 e. The van der Waals surface area contributed by atoms with Gasteiger partial charge in [-0.25, -0.2) is 0 Å². The van der Waals surface area contributed by atoms with Crippen LogP contribution in [0, 0.1) is 0 Å². The summed E-state index contributed by atoms with van der Waals surface area (Å²) in [4.78, 5) is 24.5. The van der Waals surface area contributed by atoms with Crippen LogP contribution in [0.25, 0.3) is 0 Å². The van der Waals surface area contributed by atoms with Crippen molar-refractivity contribution in [1.82, 2.24) is 5.32 Å². The topological polar surface area (TPSA) is 95.9 Å². The van der Waals surface area contributed by atoms with Gasteiger partial charge in [-0.1, -0.05) is 314 Å². The van der Waals surface area contributed by atoms with Crippen LogP contribution < -0.4 is 5.32 Å². The Morgan fingerprint density at radius 3 is 1.04 bits per heavy atom. The molecule has 0 bridgehead atoms. The fourth-order valence-corrected chi connectivity index (χ4v) is 10.1. The van der Waals surface area contributed by atoms with E-state index in [0.29, 0.717) is 19.4 Å². The Morgan fingerprint density at radius 1 is 0.384 bits per heavy atom. The zero-order valence-corrected chi connectivity index (χ0v) is 49.1. The van der Waals surface area contributed by atoms with Crippen molar-refractivity contribution in [2.24, 2.45) is 0 Å². The second kappa shape index (κ2) is 62.6. The number of unbranched alkanes of at least 4 members (excludes halogenated alkanes) is 46. The number of amides is 1. The Morgan fingerprint density at radius 2 is 0.685 bits per heavy atom. The van der Waals surface area contributed by atoms with Gasteiger partial charge in [0.25, 0.3) is 0 Å². The van der Waals surface area contributed by atoms with Gasteiger partial charge in [0.2, 0.25) is 5.91 Å². The third kappa shape index (κ3) is 59.2. The molecule has 0 heterocycles. The summed E-state index contributed by atoms with van der Waals surface area (Å²) in [5, 5.41) is 23.0. The van der Waals surface area contributed by atoms with E-state index in [2.05, 4.69) is 43.5 Å². The first-order valence-electron chi connectivity index (χ1n) is 32.8. The highest BCUT2D eigenvalue weighted by molar-refractivity contribution is 5.76. The predicted octanol–water partition coefficient (Wildman–Crippen LogP) is 20.8. The fourth-order valence-electron chi connectivity index (χ4n) is 10.1. The van der Waals surface area contributed by atoms with Crippen molar-refractivity contribution >= 4 is 11.9 Å². The molecule has 0 spiro atoms. The van der Waals surface area contributed by atoms with Gasteiger partial charge in [0.15, 0.2) is 0 Å². The zero-order valence-electron chi connectivity index (χ0n) is 49.1. The number of carbonyl (C=O) groups is 2. The first kappa shape index (κ1) is 71.1. The lowest BCUT2D eigenvalue weighted by molar-refractivity contribution is -0.143. The summed E-state index contributed by atoms with van der Waals surface area (Å²) in [6.07, 6.45) is 79.3. The molecule has 2 unspecified atom stereocenters. The molecule has 0 saturated carbocycles. The van der Waals surface area contributed by atoms with Gasteiger partial charge in [0.1, 0.15) is 0 Å². The SMILES string of the molecule is CCCCCCCCCCC/C=C/C(O)C(CO)NC(=O)CCCCCCCCCCCCCCCCC/C=C\C/C=C\CCCCCCCCCCCOC(=O)CCCCCCCCCCCCCCCC. The van der Waals surface area contributed by atoms with Crippen LogP contribution in [0.2, 0.25) is 0 Å². The van der Waals surface area contributed by atoms with Crippen LogP contribution in [0.15, 0.2) is 36.5 Å². The highest BCUT2D eigenvalue weighted by Gasteiger charge is 2.18. The van der Waals surface area contributed by atoms with E-state index < -0.39 is 12.1 Å². The molecule has 0 aromatic heterocycles. The lowest BCUT2D eigenvalue weighted by Gasteiger charge is -2.20. The third-order valence-electron chi connectivity index (χ3n) is 15.2. The van der Waals surface area contributed by atoms with Gasteiger partial charge in [-0.2, -0.15) is 0 Å². The molecule has 0 aliphatic carbocycles. The first-order valence-corrected chi connectivity index (χ1v) is 32.8. The lowest BCUT2D eigenvalue weighted by Crippen LogP contribution is -2.45. The molecule has 2 atom stereocenters. The maximum absolute atomic E-state index is 12.4. The number of nitrogens with one attached hydrogen (secondary N) is 1. The molecule has 0 saturated heterocycles. The van der Waals surface area contributed by atoms with Crippen molar-refractivity contribution in [3.8, 4) is 0 Å². The number of ether oxygens (including phenoxy) is 1. The number of esters is 1. The standard InChI is InChI=1S/C67H127NO5/c1-3-5-7-9-11-13-15-16-37-41-45-49-53-57-61-67(72)73-62-58-54-50-46-42-38-35-33-31-29-27-25-23-21-19-17-18-20-22-24-26-28-30-32-34-36-40-44-48-52-56-60-66(71)68-64(63-69)65(70)59-55-51-47-43-39-14-12-10-8-6-4-2/h19,21,25,27,55,59,64-65,69-70H,3-18,20,22-24,26,28-54,56-58,60-63H2,1-2H3,(H,68,71)/b21-19-,27-25-,59-55+. The molecule has 0 radical (unpaired) electrons. The van der Waals surface area contributed by atoms with E-state index in [1.165, 1.54) is 283 Å². The van der Waals surface area contributed by atoms with E-state index in [4.69, 9.17) is 4.74 Å². The predicted molar refractivity (Wildman–Crippen MR) is 319 cm³/mol. The Balaban J connectivity index is 3.38. The monoisotopic (exact) mass is 1030 g/mol. The van der Waals surface area contributed by atoms with E-state index in [-0.39, 0.29) is 18.5 Å². The average molecular weight is 1030 g/mol. The van der Waals surface area contributed by atoms with Crippen molar-refractivity contribution in [1.29, 1.82) is 0 Å². The number of aliphatic hydroxyl groups excluding tert-OH is 2. The van der Waals surface area contributed by atoms with Crippen molar-refractivity contribution < 1.29 is 24.5 Å². The van der Waals surface area contributed by atoms with E-state index in [9.17, 15) is 19.8 Å². The Kier molecular flexibility index (Phi) is 61.0. The third-order valence-corrected chi connectivity index (χ3v) is 15.2. The van der Waals surface area contributed by atoms with Crippen molar-refractivity contribution in [3.63, 3.8) is 0 Å². The molecule has 1 amide bonds. The molecular weight excluding hydrogens is 899 g/mol. The number of allylic oxidation sites excluding steroid dienone is 5. The largest absolute Gasteiger partial charge is 0.466 e. The number of aliphatic hydroxyl groups is 2. The lowest BCUT2D eigenvalue weighted by atomic mass is 10.0. The van der Waals surface area contributed by atoms with Gasteiger partial charge in [0, 0.05) is 12.8 Å². The number of rotatable bonds is 61. The van der Waals surface area contributed by atoms with Crippen LogP contribution in [0.1, 0.15) is 354 Å². The number of carbonyl (C=O) groups excluding carboxylic acids is 2. The molecule has 6 heteroatoms. The van der Waals surface area contributed by atoms with E-state index >= 15 is 0 Å². The molecule has 6 nitrogen and oxygen atoms in total. The van der Waals surface area contributed by atoms with Gasteiger partial charge in [-0.15, -0.1) is 0 Å². The number of hydrogen-bond donors (Lipinski definition) is 3. The van der Waals surface area contributed by atoms with Crippen LogP contribution in [0.3, 0.4) is 0 Å². The molecule has 0 fully saturated rings. The molecule has 73 heavy (non-hydrogen) atoms. The summed E-state index contributed by atoms with van der Waals surface area (Å²) in [5.74, 6) is -0.0526. The minimum atomic E-state index is -0.842. The highest BCUT2D eigenvalue weighted by Crippen LogP contribution is 2.17. The second-order valence-electron chi connectivity index (χ2n) is 22.5. The smallest absolute Gasteiger partial charge is 0.305 e. The Labute approximate surface area is 455 Å². The van der Waals surface area contributed by atoms with Crippen LogP contribution in [0.5, 0.6) is 0 Å². The first-order chi connectivity index (χ1) is 36.0. The highest BCUT2D eigenvalue weighted by atomic mass is 16.5. The molecule has 0 rings (SSSR count). The van der Waals surface area contributed by atoms with Crippen molar-refractivity contribution in [2.75, 3.05) is 13.2 Å². The normalized spacial score (nSPS) is 12.8. The molecule has 430 valence electrons. The fraction of sp³-hybridized carbons (Fsp3) is 0.881. The number of hydrogen-bond acceptors (Lipinski definition) is 5. The minimum Gasteiger partial charge on any atom is -0.466 e. The summed E-state index contributed by atoms with van der Waals surface area (Å²) in [6, 6.07) is -0.626. The van der Waals surface area contributed by atoms with E-state index in [0.717, 1.165) is 44.9 Å². The van der Waals surface area contributed by atoms with Gasteiger partial charge in [-0.05, 0) is 64.2 Å². The van der Waals surface area contributed by atoms with Gasteiger partial charge in [0.05, 0.1) is 25.4 Å². The molecule has 0 aromatic rings. The maximum atomic E-state index is 12.4. The summed E-state index contributed by atoms with van der Waals surface area (Å²) in [7, 11) is 0.